The molecule has 3 rings (SSSR count). The van der Waals surface area contributed by atoms with E-state index in [0.29, 0.717) is 16.8 Å². The van der Waals surface area contributed by atoms with Crippen LogP contribution in [0.1, 0.15) is 23.7 Å². The highest BCUT2D eigenvalue weighted by Gasteiger charge is 2.39. The molecule has 0 saturated heterocycles. The van der Waals surface area contributed by atoms with Crippen LogP contribution in [0.2, 0.25) is 0 Å². The third-order valence-corrected chi connectivity index (χ3v) is 3.43. The molecule has 0 radical (unpaired) electrons. The second kappa shape index (κ2) is 5.81. The summed E-state index contributed by atoms with van der Waals surface area (Å²) >= 11 is 5.24. The Kier molecular flexibility index (Phi) is 3.71. The molecule has 1 fully saturated rings. The second-order valence-electron chi connectivity index (χ2n) is 4.67. The molecule has 2 aromatic heterocycles. The molecule has 0 spiro atoms. The van der Waals surface area contributed by atoms with E-state index in [4.69, 9.17) is 17.5 Å². The third kappa shape index (κ3) is 3.12. The molecular weight excluding hydrogens is 284 g/mol. The highest BCUT2D eigenvalue weighted by Crippen LogP contribution is 2.39. The SMILES string of the molecule is N#Cc1nccnc1NC(=S)NC1CC1c1ccccn1. The zero-order chi connectivity index (χ0) is 14.7. The molecule has 0 aliphatic heterocycles. The number of nitrogens with zero attached hydrogens (tertiary/aromatic N) is 4. The smallest absolute Gasteiger partial charge is 0.183 e. The highest BCUT2D eigenvalue weighted by atomic mass is 32.1. The number of rotatable bonds is 3. The maximum atomic E-state index is 8.95. The van der Waals surface area contributed by atoms with E-state index in [1.807, 2.05) is 24.3 Å². The Bertz CT molecular complexity index is 696. The normalized spacial score (nSPS) is 19.4. The van der Waals surface area contributed by atoms with Crippen LogP contribution in [0, 0.1) is 11.3 Å². The van der Waals surface area contributed by atoms with Crippen LogP contribution in [0.25, 0.3) is 0 Å². The standard InChI is InChI=1S/C14H12N6S/c15-8-12-13(18-6-5-17-12)20-14(21)19-11-7-9(11)10-3-1-2-4-16-10/h1-6,9,11H,7H2,(H2,18,19,20,21). The zero-order valence-corrected chi connectivity index (χ0v) is 11.8. The van der Waals surface area contributed by atoms with Crippen molar-refractivity contribution in [3.8, 4) is 6.07 Å². The summed E-state index contributed by atoms with van der Waals surface area (Å²) in [6.45, 7) is 0. The number of pyridine rings is 1. The van der Waals surface area contributed by atoms with Crippen molar-refractivity contribution >= 4 is 23.1 Å². The Labute approximate surface area is 127 Å². The van der Waals surface area contributed by atoms with Crippen LogP contribution < -0.4 is 10.6 Å². The molecule has 6 nitrogen and oxygen atoms in total. The van der Waals surface area contributed by atoms with E-state index in [1.165, 1.54) is 12.4 Å². The van der Waals surface area contributed by atoms with Gasteiger partial charge in [0.1, 0.15) is 6.07 Å². The number of hydrogen-bond donors (Lipinski definition) is 2. The summed E-state index contributed by atoms with van der Waals surface area (Å²) in [6, 6.07) is 8.13. The van der Waals surface area contributed by atoms with Crippen LogP contribution in [-0.2, 0) is 0 Å². The average Bonchev–Trinajstić information content (AvgIpc) is 3.27. The van der Waals surface area contributed by atoms with Gasteiger partial charge in [-0.15, -0.1) is 0 Å². The molecule has 1 aliphatic rings. The van der Waals surface area contributed by atoms with Gasteiger partial charge in [-0.25, -0.2) is 9.97 Å². The molecule has 1 aliphatic carbocycles. The van der Waals surface area contributed by atoms with Gasteiger partial charge in [0.2, 0.25) is 0 Å². The van der Waals surface area contributed by atoms with Crippen molar-refractivity contribution in [2.75, 3.05) is 5.32 Å². The topological polar surface area (TPSA) is 86.5 Å². The van der Waals surface area contributed by atoms with Gasteiger partial charge in [0, 0.05) is 36.2 Å². The van der Waals surface area contributed by atoms with E-state index in [0.717, 1.165) is 12.1 Å². The first-order chi connectivity index (χ1) is 10.3. The second-order valence-corrected chi connectivity index (χ2v) is 5.08. The van der Waals surface area contributed by atoms with Gasteiger partial charge in [0.05, 0.1) is 0 Å². The largest absolute Gasteiger partial charge is 0.359 e. The molecule has 21 heavy (non-hydrogen) atoms. The molecule has 0 bridgehead atoms. The lowest BCUT2D eigenvalue weighted by Gasteiger charge is -2.09. The molecule has 104 valence electrons. The number of nitriles is 1. The summed E-state index contributed by atoms with van der Waals surface area (Å²) < 4.78 is 0. The molecule has 0 amide bonds. The minimum Gasteiger partial charge on any atom is -0.359 e. The van der Waals surface area contributed by atoms with Crippen molar-refractivity contribution in [3.63, 3.8) is 0 Å². The fourth-order valence-electron chi connectivity index (χ4n) is 2.10. The summed E-state index contributed by atoms with van der Waals surface area (Å²) in [7, 11) is 0. The summed E-state index contributed by atoms with van der Waals surface area (Å²) in [5, 5.41) is 15.5. The number of anilines is 1. The Hall–Kier alpha value is -2.59. The quantitative estimate of drug-likeness (QED) is 0.832. The van der Waals surface area contributed by atoms with Crippen LogP contribution in [0.3, 0.4) is 0 Å². The van der Waals surface area contributed by atoms with Crippen LogP contribution >= 0.6 is 12.2 Å². The van der Waals surface area contributed by atoms with Gasteiger partial charge in [-0.2, -0.15) is 5.26 Å². The maximum absolute atomic E-state index is 8.95. The predicted octanol–water partition coefficient (Wildman–Crippen LogP) is 1.59. The third-order valence-electron chi connectivity index (χ3n) is 3.21. The van der Waals surface area contributed by atoms with Gasteiger partial charge in [-0.1, -0.05) is 6.07 Å². The first kappa shape index (κ1) is 13.4. The lowest BCUT2D eigenvalue weighted by atomic mass is 10.2. The van der Waals surface area contributed by atoms with Gasteiger partial charge in [-0.05, 0) is 30.8 Å². The van der Waals surface area contributed by atoms with Crippen molar-refractivity contribution in [1.82, 2.24) is 20.3 Å². The molecule has 0 aromatic carbocycles. The van der Waals surface area contributed by atoms with Crippen molar-refractivity contribution in [2.24, 2.45) is 0 Å². The molecule has 2 heterocycles. The average molecular weight is 296 g/mol. The summed E-state index contributed by atoms with van der Waals surface area (Å²) in [4.78, 5) is 12.3. The Morgan fingerprint density at radius 2 is 2.10 bits per heavy atom. The van der Waals surface area contributed by atoms with Crippen molar-refractivity contribution in [2.45, 2.75) is 18.4 Å². The van der Waals surface area contributed by atoms with E-state index < -0.39 is 0 Å². The van der Waals surface area contributed by atoms with Gasteiger partial charge >= 0.3 is 0 Å². The van der Waals surface area contributed by atoms with Crippen molar-refractivity contribution < 1.29 is 0 Å². The first-order valence-electron chi connectivity index (χ1n) is 6.47. The van der Waals surface area contributed by atoms with Crippen LogP contribution in [0.5, 0.6) is 0 Å². The van der Waals surface area contributed by atoms with Crippen LogP contribution in [0.15, 0.2) is 36.8 Å². The van der Waals surface area contributed by atoms with E-state index in [2.05, 4.69) is 25.6 Å². The summed E-state index contributed by atoms with van der Waals surface area (Å²) in [6.07, 6.45) is 5.77. The van der Waals surface area contributed by atoms with Gasteiger partial charge < -0.3 is 10.6 Å². The first-order valence-corrected chi connectivity index (χ1v) is 6.88. The molecule has 2 atom stereocenters. The lowest BCUT2D eigenvalue weighted by Crippen LogP contribution is -2.31. The number of thiocarbonyl (C=S) groups is 1. The lowest BCUT2D eigenvalue weighted by molar-refractivity contribution is 0.858. The maximum Gasteiger partial charge on any atom is 0.183 e. The van der Waals surface area contributed by atoms with Crippen LogP contribution in [0.4, 0.5) is 5.82 Å². The zero-order valence-electron chi connectivity index (χ0n) is 11.0. The minimum absolute atomic E-state index is 0.221. The molecule has 1 saturated carbocycles. The molecule has 7 heteroatoms. The molecule has 2 unspecified atom stereocenters. The van der Waals surface area contributed by atoms with Gasteiger partial charge in [0.25, 0.3) is 0 Å². The Morgan fingerprint density at radius 3 is 2.86 bits per heavy atom. The molecule has 2 aromatic rings. The summed E-state index contributed by atoms with van der Waals surface area (Å²) in [5.41, 5.74) is 1.29. The minimum atomic E-state index is 0.221. The predicted molar refractivity (Wildman–Crippen MR) is 81.5 cm³/mol. The highest BCUT2D eigenvalue weighted by molar-refractivity contribution is 7.80. The Balaban J connectivity index is 1.58. The van der Waals surface area contributed by atoms with Crippen molar-refractivity contribution in [3.05, 3.63) is 48.2 Å². The van der Waals surface area contributed by atoms with Crippen molar-refractivity contribution in [1.29, 1.82) is 5.26 Å². The molecular formula is C14H12N6S. The van der Waals surface area contributed by atoms with Crippen LogP contribution in [-0.4, -0.2) is 26.1 Å². The Morgan fingerprint density at radius 1 is 1.24 bits per heavy atom. The fourth-order valence-corrected chi connectivity index (χ4v) is 2.35. The number of hydrogen-bond acceptors (Lipinski definition) is 5. The van der Waals surface area contributed by atoms with E-state index in [1.54, 1.807) is 6.20 Å². The monoisotopic (exact) mass is 296 g/mol. The van der Waals surface area contributed by atoms with E-state index in [-0.39, 0.29) is 11.7 Å². The summed E-state index contributed by atoms with van der Waals surface area (Å²) in [5.74, 6) is 0.746. The van der Waals surface area contributed by atoms with Gasteiger partial charge in [0.15, 0.2) is 16.6 Å². The van der Waals surface area contributed by atoms with E-state index in [9.17, 15) is 0 Å². The molecule has 2 N–H and O–H groups in total. The number of nitrogens with one attached hydrogen (secondary N) is 2. The van der Waals surface area contributed by atoms with Gasteiger partial charge in [-0.3, -0.25) is 4.98 Å². The van der Waals surface area contributed by atoms with E-state index >= 15 is 0 Å². The number of aromatic nitrogens is 3. The fraction of sp³-hybridized carbons (Fsp3) is 0.214.